The number of hydrogen-bond acceptors (Lipinski definition) is 3. The van der Waals surface area contributed by atoms with Gasteiger partial charge in [-0.25, -0.2) is 9.37 Å². The molecule has 0 saturated heterocycles. The molecular weight excluding hydrogens is 347 g/mol. The van der Waals surface area contributed by atoms with E-state index in [1.54, 1.807) is 50.0 Å². The number of amides is 1. The molecule has 0 spiro atoms. The summed E-state index contributed by atoms with van der Waals surface area (Å²) in [4.78, 5) is 32.1. The first kappa shape index (κ1) is 18.6. The van der Waals surface area contributed by atoms with E-state index in [4.69, 9.17) is 0 Å². The third-order valence-electron chi connectivity index (χ3n) is 4.59. The summed E-state index contributed by atoms with van der Waals surface area (Å²) in [6, 6.07) is 5.39. The number of aromatic amines is 1. The minimum absolute atomic E-state index is 0.105. The Kier molecular flexibility index (Phi) is 4.94. The second-order valence-electron chi connectivity index (χ2n) is 6.54. The van der Waals surface area contributed by atoms with Crippen molar-refractivity contribution >= 4 is 11.7 Å². The minimum atomic E-state index is -0.642. The highest BCUT2D eigenvalue weighted by molar-refractivity contribution is 6.02. The molecule has 0 aliphatic heterocycles. The standard InChI is InChI=1S/C20H21FN4O2/c1-11-16(13(3)26)12(2)23-17(11)20(27)24-18(19-22-8-9-25(19)4)14-6-5-7-15(21)10-14/h5-10,18,23H,1-4H3,(H,24,27). The van der Waals surface area contributed by atoms with Crippen LogP contribution in [0.15, 0.2) is 36.7 Å². The number of nitrogens with one attached hydrogen (secondary N) is 2. The highest BCUT2D eigenvalue weighted by atomic mass is 19.1. The number of imidazole rings is 1. The third-order valence-corrected chi connectivity index (χ3v) is 4.59. The van der Waals surface area contributed by atoms with Gasteiger partial charge in [-0.3, -0.25) is 9.59 Å². The number of benzene rings is 1. The number of ketones is 1. The molecule has 0 fully saturated rings. The zero-order chi connectivity index (χ0) is 19.7. The number of carbonyl (C=O) groups excluding carboxylic acids is 2. The van der Waals surface area contributed by atoms with Gasteiger partial charge in [0.15, 0.2) is 5.78 Å². The maximum absolute atomic E-state index is 13.8. The fraction of sp³-hybridized carbons (Fsp3) is 0.250. The van der Waals surface area contributed by atoms with Crippen LogP contribution < -0.4 is 5.32 Å². The second kappa shape index (κ2) is 7.19. The van der Waals surface area contributed by atoms with Gasteiger partial charge in [0.2, 0.25) is 0 Å². The van der Waals surface area contributed by atoms with Crippen molar-refractivity contribution in [3.05, 3.63) is 76.4 Å². The normalized spacial score (nSPS) is 12.0. The number of H-pyrrole nitrogens is 1. The number of nitrogens with zero attached hydrogens (tertiary/aromatic N) is 2. The predicted molar refractivity (Wildman–Crippen MR) is 99.2 cm³/mol. The summed E-state index contributed by atoms with van der Waals surface area (Å²) in [7, 11) is 1.80. The molecule has 0 aliphatic rings. The maximum Gasteiger partial charge on any atom is 0.268 e. The molecule has 0 bridgehead atoms. The molecule has 0 saturated carbocycles. The first-order chi connectivity index (χ1) is 12.8. The van der Waals surface area contributed by atoms with Crippen molar-refractivity contribution in [1.82, 2.24) is 19.9 Å². The maximum atomic E-state index is 13.8. The van der Waals surface area contributed by atoms with Crippen molar-refractivity contribution in [2.75, 3.05) is 0 Å². The Bertz CT molecular complexity index is 1020. The van der Waals surface area contributed by atoms with Crippen molar-refractivity contribution in [2.24, 2.45) is 7.05 Å². The van der Waals surface area contributed by atoms with Crippen molar-refractivity contribution < 1.29 is 14.0 Å². The second-order valence-corrected chi connectivity index (χ2v) is 6.54. The molecule has 3 rings (SSSR count). The SMILES string of the molecule is CC(=O)c1c(C)[nH]c(C(=O)NC(c2cccc(F)c2)c2nccn2C)c1C. The first-order valence-electron chi connectivity index (χ1n) is 8.53. The van der Waals surface area contributed by atoms with E-state index >= 15 is 0 Å². The number of Topliss-reactive ketones (excluding diaryl/α,β-unsaturated/α-hetero) is 1. The summed E-state index contributed by atoms with van der Waals surface area (Å²) in [5.74, 6) is -0.320. The first-order valence-corrected chi connectivity index (χ1v) is 8.53. The number of aromatic nitrogens is 3. The quantitative estimate of drug-likeness (QED) is 0.679. The Hall–Kier alpha value is -3.22. The molecular formula is C20H21FN4O2. The molecule has 6 nitrogen and oxygen atoms in total. The summed E-state index contributed by atoms with van der Waals surface area (Å²) in [5, 5.41) is 2.91. The smallest absolute Gasteiger partial charge is 0.268 e. The lowest BCUT2D eigenvalue weighted by molar-refractivity contribution is 0.0935. The van der Waals surface area contributed by atoms with Crippen molar-refractivity contribution in [3.63, 3.8) is 0 Å². The molecule has 2 N–H and O–H groups in total. The molecule has 3 aromatic rings. The molecule has 2 heterocycles. The zero-order valence-corrected chi connectivity index (χ0v) is 15.6. The van der Waals surface area contributed by atoms with Gasteiger partial charge < -0.3 is 14.9 Å². The average Bonchev–Trinajstić information content (AvgIpc) is 3.15. The Balaban J connectivity index is 2.00. The molecule has 0 radical (unpaired) electrons. The monoisotopic (exact) mass is 368 g/mol. The molecule has 140 valence electrons. The van der Waals surface area contributed by atoms with Crippen molar-refractivity contribution in [2.45, 2.75) is 26.8 Å². The van der Waals surface area contributed by atoms with Crippen molar-refractivity contribution in [3.8, 4) is 0 Å². The third kappa shape index (κ3) is 3.53. The van der Waals surface area contributed by atoms with Gasteiger partial charge >= 0.3 is 0 Å². The van der Waals surface area contributed by atoms with Crippen LogP contribution in [0, 0.1) is 19.7 Å². The van der Waals surface area contributed by atoms with E-state index in [0.29, 0.717) is 33.9 Å². The fourth-order valence-electron chi connectivity index (χ4n) is 3.35. The molecule has 1 aromatic carbocycles. The van der Waals surface area contributed by atoms with Gasteiger partial charge in [-0.2, -0.15) is 0 Å². The molecule has 1 atom stereocenters. The molecule has 7 heteroatoms. The molecule has 2 aromatic heterocycles. The van der Waals surface area contributed by atoms with E-state index in [1.807, 2.05) is 0 Å². The van der Waals surface area contributed by atoms with Gasteiger partial charge in [0.05, 0.1) is 0 Å². The Morgan fingerprint density at radius 2 is 2.04 bits per heavy atom. The van der Waals surface area contributed by atoms with E-state index in [9.17, 15) is 14.0 Å². The van der Waals surface area contributed by atoms with E-state index < -0.39 is 11.9 Å². The summed E-state index contributed by atoms with van der Waals surface area (Å²) in [5.41, 5.74) is 2.64. The summed E-state index contributed by atoms with van der Waals surface area (Å²) in [6.45, 7) is 4.95. The van der Waals surface area contributed by atoms with Crippen LogP contribution in [0.4, 0.5) is 4.39 Å². The topological polar surface area (TPSA) is 79.8 Å². The molecule has 1 amide bonds. The van der Waals surface area contributed by atoms with Gasteiger partial charge in [0.1, 0.15) is 23.4 Å². The number of halogens is 1. The summed E-state index contributed by atoms with van der Waals surface area (Å²) in [6.07, 6.45) is 3.37. The lowest BCUT2D eigenvalue weighted by atomic mass is 10.0. The summed E-state index contributed by atoms with van der Waals surface area (Å²) < 4.78 is 15.5. The van der Waals surface area contributed by atoms with Crippen LogP contribution >= 0.6 is 0 Å². The number of hydrogen-bond donors (Lipinski definition) is 2. The van der Waals surface area contributed by atoms with E-state index in [2.05, 4.69) is 15.3 Å². The predicted octanol–water partition coefficient (Wildman–Crippen LogP) is 3.23. The van der Waals surface area contributed by atoms with Crippen LogP contribution in [-0.4, -0.2) is 26.2 Å². The van der Waals surface area contributed by atoms with Crippen LogP contribution in [0.25, 0.3) is 0 Å². The highest BCUT2D eigenvalue weighted by Crippen LogP contribution is 2.24. The summed E-state index contributed by atoms with van der Waals surface area (Å²) >= 11 is 0. The lowest BCUT2D eigenvalue weighted by Crippen LogP contribution is -2.31. The van der Waals surface area contributed by atoms with E-state index in [-0.39, 0.29) is 11.7 Å². The number of aryl methyl sites for hydroxylation is 2. The van der Waals surface area contributed by atoms with Gasteiger partial charge in [0, 0.05) is 30.7 Å². The van der Waals surface area contributed by atoms with Gasteiger partial charge in [0.25, 0.3) is 5.91 Å². The van der Waals surface area contributed by atoms with Crippen LogP contribution in [0.3, 0.4) is 0 Å². The molecule has 1 unspecified atom stereocenters. The van der Waals surface area contributed by atoms with Gasteiger partial charge in [-0.1, -0.05) is 12.1 Å². The Morgan fingerprint density at radius 3 is 2.59 bits per heavy atom. The van der Waals surface area contributed by atoms with Gasteiger partial charge in [-0.05, 0) is 44.0 Å². The Morgan fingerprint density at radius 1 is 1.30 bits per heavy atom. The largest absolute Gasteiger partial charge is 0.354 e. The fourth-order valence-corrected chi connectivity index (χ4v) is 3.35. The lowest BCUT2D eigenvalue weighted by Gasteiger charge is -2.19. The van der Waals surface area contributed by atoms with E-state index in [1.165, 1.54) is 19.1 Å². The minimum Gasteiger partial charge on any atom is -0.354 e. The number of rotatable bonds is 5. The molecule has 27 heavy (non-hydrogen) atoms. The number of carbonyl (C=O) groups is 2. The molecule has 0 aliphatic carbocycles. The van der Waals surface area contributed by atoms with Crippen LogP contribution in [0.2, 0.25) is 0 Å². The zero-order valence-electron chi connectivity index (χ0n) is 15.6. The van der Waals surface area contributed by atoms with Crippen molar-refractivity contribution in [1.29, 1.82) is 0 Å². The highest BCUT2D eigenvalue weighted by Gasteiger charge is 2.25. The Labute approximate surface area is 156 Å². The average molecular weight is 368 g/mol. The van der Waals surface area contributed by atoms with Gasteiger partial charge in [-0.15, -0.1) is 0 Å². The van der Waals surface area contributed by atoms with E-state index in [0.717, 1.165) is 0 Å². The van der Waals surface area contributed by atoms with Crippen LogP contribution in [-0.2, 0) is 7.05 Å². The van der Waals surface area contributed by atoms with Crippen LogP contribution in [0.1, 0.15) is 56.5 Å². The van der Waals surface area contributed by atoms with Crippen LogP contribution in [0.5, 0.6) is 0 Å².